The first kappa shape index (κ1) is 21.2. The number of rotatable bonds is 5. The molecule has 34 heavy (non-hydrogen) atoms. The van der Waals surface area contributed by atoms with Crippen LogP contribution in [0.2, 0.25) is 0 Å². The first-order chi connectivity index (χ1) is 16.6. The predicted octanol–water partition coefficient (Wildman–Crippen LogP) is 6.70. The van der Waals surface area contributed by atoms with Gasteiger partial charge in [-0.05, 0) is 53.1 Å². The van der Waals surface area contributed by atoms with E-state index in [0.717, 1.165) is 22.0 Å². The molecule has 0 saturated heterocycles. The van der Waals surface area contributed by atoms with Crippen LogP contribution in [0.1, 0.15) is 16.7 Å². The zero-order valence-electron chi connectivity index (χ0n) is 18.8. The van der Waals surface area contributed by atoms with E-state index in [-0.39, 0.29) is 5.57 Å². The number of fused-ring (bicyclic) bond motifs is 2. The zero-order chi connectivity index (χ0) is 23.5. The van der Waals surface area contributed by atoms with Gasteiger partial charge in [-0.15, -0.1) is 0 Å². The normalized spacial score (nSPS) is 11.5. The fourth-order valence-corrected chi connectivity index (χ4v) is 4.26. The number of aryl methyl sites for hydroxylation is 1. The Morgan fingerprint density at radius 3 is 2.50 bits per heavy atom. The molecule has 5 aromatic rings. The number of anilines is 1. The van der Waals surface area contributed by atoms with Gasteiger partial charge in [0.15, 0.2) is 0 Å². The van der Waals surface area contributed by atoms with Crippen LogP contribution in [0, 0.1) is 18.3 Å². The maximum absolute atomic E-state index is 12.8. The Hall–Kier alpha value is -4.62. The second-order valence-electron chi connectivity index (χ2n) is 8.35. The third-order valence-electron chi connectivity index (χ3n) is 6.04. The van der Waals surface area contributed by atoms with E-state index in [0.29, 0.717) is 12.2 Å². The Balaban J connectivity index is 1.50. The molecule has 0 aliphatic carbocycles. The van der Waals surface area contributed by atoms with Crippen molar-refractivity contribution < 1.29 is 4.79 Å². The fraction of sp³-hybridized carbons (Fsp3) is 0.0667. The molecule has 1 N–H and O–H groups in total. The summed E-state index contributed by atoms with van der Waals surface area (Å²) in [5.74, 6) is -0.414. The summed E-state index contributed by atoms with van der Waals surface area (Å²) in [6, 6.07) is 32.5. The van der Waals surface area contributed by atoms with E-state index in [2.05, 4.69) is 52.4 Å². The average Bonchev–Trinajstić information content (AvgIpc) is 3.21. The van der Waals surface area contributed by atoms with Crippen LogP contribution in [0.5, 0.6) is 0 Å². The van der Waals surface area contributed by atoms with E-state index in [4.69, 9.17) is 0 Å². The summed E-state index contributed by atoms with van der Waals surface area (Å²) in [6.45, 7) is 2.61. The predicted molar refractivity (Wildman–Crippen MR) is 138 cm³/mol. The third-order valence-corrected chi connectivity index (χ3v) is 6.04. The Kier molecular flexibility index (Phi) is 5.68. The molecule has 4 heteroatoms. The third kappa shape index (κ3) is 4.20. The number of benzene rings is 4. The topological polar surface area (TPSA) is 57.8 Å². The highest BCUT2D eigenvalue weighted by Crippen LogP contribution is 2.26. The van der Waals surface area contributed by atoms with E-state index in [1.807, 2.05) is 67.7 Å². The number of hydrogen-bond donors (Lipinski definition) is 1. The SMILES string of the molecule is Cc1ccccc1NC(=O)/C(C#N)=C\c1cn(Cc2ccc3ccccc3c2)c2ccccc12. The quantitative estimate of drug-likeness (QED) is 0.244. The molecule has 1 amide bonds. The van der Waals surface area contributed by atoms with Crippen molar-refractivity contribution in [1.29, 1.82) is 5.26 Å². The summed E-state index contributed by atoms with van der Waals surface area (Å²) in [7, 11) is 0. The highest BCUT2D eigenvalue weighted by molar-refractivity contribution is 6.11. The maximum Gasteiger partial charge on any atom is 0.266 e. The molecule has 1 aromatic heterocycles. The molecule has 0 atom stereocenters. The van der Waals surface area contributed by atoms with Gasteiger partial charge in [0.25, 0.3) is 5.91 Å². The van der Waals surface area contributed by atoms with E-state index < -0.39 is 5.91 Å². The van der Waals surface area contributed by atoms with Crippen LogP contribution < -0.4 is 5.32 Å². The Bertz CT molecular complexity index is 1600. The molecule has 0 bridgehead atoms. The summed E-state index contributed by atoms with van der Waals surface area (Å²) in [5.41, 5.74) is 4.79. The Morgan fingerprint density at radius 1 is 0.941 bits per heavy atom. The Labute approximate surface area is 198 Å². The minimum atomic E-state index is -0.414. The van der Waals surface area contributed by atoms with Gasteiger partial charge in [-0.2, -0.15) is 5.26 Å². The van der Waals surface area contributed by atoms with Crippen LogP contribution in [-0.4, -0.2) is 10.5 Å². The average molecular weight is 442 g/mol. The van der Waals surface area contributed by atoms with E-state index in [1.165, 1.54) is 16.3 Å². The lowest BCUT2D eigenvalue weighted by Crippen LogP contribution is -2.14. The van der Waals surface area contributed by atoms with E-state index in [9.17, 15) is 10.1 Å². The fourth-order valence-electron chi connectivity index (χ4n) is 4.26. The molecule has 0 fully saturated rings. The lowest BCUT2D eigenvalue weighted by molar-refractivity contribution is -0.112. The zero-order valence-corrected chi connectivity index (χ0v) is 18.8. The lowest BCUT2D eigenvalue weighted by atomic mass is 10.1. The van der Waals surface area contributed by atoms with Crippen molar-refractivity contribution in [1.82, 2.24) is 4.57 Å². The number of nitrogens with one attached hydrogen (secondary N) is 1. The van der Waals surface area contributed by atoms with Gasteiger partial charge < -0.3 is 9.88 Å². The van der Waals surface area contributed by atoms with Gasteiger partial charge in [0, 0.05) is 34.9 Å². The summed E-state index contributed by atoms with van der Waals surface area (Å²) in [5, 5.41) is 16.0. The second kappa shape index (κ2) is 9.09. The van der Waals surface area contributed by atoms with Gasteiger partial charge in [0.1, 0.15) is 11.6 Å². The standard InChI is InChI=1S/C30H23N3O/c1-21-8-2-6-12-28(21)32-30(34)25(18-31)17-26-20-33(29-13-7-5-11-27(26)29)19-22-14-15-23-9-3-4-10-24(23)16-22/h2-17,20H,19H2,1H3,(H,32,34)/b25-17-. The summed E-state index contributed by atoms with van der Waals surface area (Å²) in [4.78, 5) is 12.8. The minimum Gasteiger partial charge on any atom is -0.342 e. The van der Waals surface area contributed by atoms with Crippen LogP contribution in [-0.2, 0) is 11.3 Å². The van der Waals surface area contributed by atoms with Gasteiger partial charge in [-0.25, -0.2) is 0 Å². The molecular weight excluding hydrogens is 418 g/mol. The van der Waals surface area contributed by atoms with Crippen molar-refractivity contribution in [2.75, 3.05) is 5.32 Å². The number of carbonyl (C=O) groups is 1. The molecule has 0 radical (unpaired) electrons. The minimum absolute atomic E-state index is 0.0665. The number of hydrogen-bond acceptors (Lipinski definition) is 2. The molecule has 0 spiro atoms. The first-order valence-corrected chi connectivity index (χ1v) is 11.2. The van der Waals surface area contributed by atoms with Crippen LogP contribution in [0.15, 0.2) is 103 Å². The monoisotopic (exact) mass is 441 g/mol. The van der Waals surface area contributed by atoms with Gasteiger partial charge in [0.05, 0.1) is 0 Å². The molecule has 5 rings (SSSR count). The first-order valence-electron chi connectivity index (χ1n) is 11.2. The molecular formula is C30H23N3O. The number of nitrogens with zero attached hydrogens (tertiary/aromatic N) is 2. The highest BCUT2D eigenvalue weighted by Gasteiger charge is 2.14. The van der Waals surface area contributed by atoms with Crippen LogP contribution in [0.25, 0.3) is 27.8 Å². The molecule has 164 valence electrons. The summed E-state index contributed by atoms with van der Waals surface area (Å²) < 4.78 is 2.17. The van der Waals surface area contributed by atoms with Crippen LogP contribution >= 0.6 is 0 Å². The van der Waals surface area contributed by atoms with E-state index in [1.54, 1.807) is 6.08 Å². The van der Waals surface area contributed by atoms with Crippen molar-refractivity contribution in [3.63, 3.8) is 0 Å². The second-order valence-corrected chi connectivity index (χ2v) is 8.35. The van der Waals surface area contributed by atoms with E-state index >= 15 is 0 Å². The lowest BCUT2D eigenvalue weighted by Gasteiger charge is -2.07. The van der Waals surface area contributed by atoms with Crippen molar-refractivity contribution in [3.05, 3.63) is 119 Å². The molecule has 0 unspecified atom stereocenters. The number of aromatic nitrogens is 1. The van der Waals surface area contributed by atoms with Gasteiger partial charge in [0.2, 0.25) is 0 Å². The number of para-hydroxylation sites is 2. The Morgan fingerprint density at radius 2 is 1.68 bits per heavy atom. The molecule has 4 nitrogen and oxygen atoms in total. The number of amides is 1. The molecule has 4 aromatic carbocycles. The number of carbonyl (C=O) groups excluding carboxylic acids is 1. The van der Waals surface area contributed by atoms with Gasteiger partial charge >= 0.3 is 0 Å². The van der Waals surface area contributed by atoms with Crippen molar-refractivity contribution >= 4 is 39.3 Å². The molecule has 0 saturated carbocycles. The van der Waals surface area contributed by atoms with Crippen molar-refractivity contribution in [2.45, 2.75) is 13.5 Å². The smallest absolute Gasteiger partial charge is 0.266 e. The van der Waals surface area contributed by atoms with Crippen molar-refractivity contribution in [2.24, 2.45) is 0 Å². The largest absolute Gasteiger partial charge is 0.342 e. The van der Waals surface area contributed by atoms with Gasteiger partial charge in [-0.3, -0.25) is 4.79 Å². The number of nitriles is 1. The van der Waals surface area contributed by atoms with Crippen molar-refractivity contribution in [3.8, 4) is 6.07 Å². The van der Waals surface area contributed by atoms with Crippen LogP contribution in [0.4, 0.5) is 5.69 Å². The highest BCUT2D eigenvalue weighted by atomic mass is 16.1. The van der Waals surface area contributed by atoms with Crippen LogP contribution in [0.3, 0.4) is 0 Å². The molecule has 0 aliphatic heterocycles. The summed E-state index contributed by atoms with van der Waals surface area (Å²) in [6.07, 6.45) is 3.69. The molecule has 1 heterocycles. The maximum atomic E-state index is 12.8. The summed E-state index contributed by atoms with van der Waals surface area (Å²) >= 11 is 0. The van der Waals surface area contributed by atoms with Gasteiger partial charge in [-0.1, -0.05) is 72.8 Å². The molecule has 0 aliphatic rings.